The molecule has 5 heteroatoms. The number of nitrogens with one attached hydrogen (secondary N) is 1. The van der Waals surface area contributed by atoms with Gasteiger partial charge < -0.3 is 15.0 Å². The maximum atomic E-state index is 12.9. The lowest BCUT2D eigenvalue weighted by Gasteiger charge is -2.31. The van der Waals surface area contributed by atoms with E-state index < -0.39 is 0 Å². The van der Waals surface area contributed by atoms with Gasteiger partial charge in [-0.05, 0) is 61.7 Å². The van der Waals surface area contributed by atoms with Crippen LogP contribution in [0.4, 0.5) is 11.4 Å². The Kier molecular flexibility index (Phi) is 6.50. The zero-order valence-corrected chi connectivity index (χ0v) is 17.9. The highest BCUT2D eigenvalue weighted by molar-refractivity contribution is 6.07. The predicted molar refractivity (Wildman–Crippen MR) is 123 cm³/mol. The topological polar surface area (TPSA) is 44.8 Å². The molecule has 1 amide bonds. The van der Waals surface area contributed by atoms with Gasteiger partial charge in [-0.15, -0.1) is 0 Å². The summed E-state index contributed by atoms with van der Waals surface area (Å²) in [5, 5.41) is 3.07. The molecule has 2 aromatic carbocycles. The third-order valence-corrected chi connectivity index (χ3v) is 6.14. The van der Waals surface area contributed by atoms with Crippen molar-refractivity contribution in [2.45, 2.75) is 31.8 Å². The molecule has 0 atom stereocenters. The highest BCUT2D eigenvalue weighted by atomic mass is 16.5. The van der Waals surface area contributed by atoms with Crippen LogP contribution in [0.15, 0.2) is 54.1 Å². The van der Waals surface area contributed by atoms with E-state index in [9.17, 15) is 4.79 Å². The third kappa shape index (κ3) is 4.91. The van der Waals surface area contributed by atoms with E-state index in [1.54, 1.807) is 0 Å². The van der Waals surface area contributed by atoms with Crippen molar-refractivity contribution < 1.29 is 9.53 Å². The molecule has 1 saturated heterocycles. The molecule has 0 unspecified atom stereocenters. The number of anilines is 2. The van der Waals surface area contributed by atoms with Crippen LogP contribution in [0.5, 0.6) is 0 Å². The maximum absolute atomic E-state index is 12.9. The molecule has 0 aliphatic carbocycles. The van der Waals surface area contributed by atoms with Gasteiger partial charge >= 0.3 is 0 Å². The Morgan fingerprint density at radius 2 is 1.87 bits per heavy atom. The van der Waals surface area contributed by atoms with Crippen molar-refractivity contribution in [3.05, 3.63) is 65.2 Å². The van der Waals surface area contributed by atoms with Crippen LogP contribution >= 0.6 is 0 Å². The Balaban J connectivity index is 1.38. The fourth-order valence-corrected chi connectivity index (χ4v) is 4.25. The van der Waals surface area contributed by atoms with Gasteiger partial charge in [0.05, 0.1) is 0 Å². The lowest BCUT2D eigenvalue weighted by atomic mass is 10.1. The van der Waals surface area contributed by atoms with Gasteiger partial charge in [0.1, 0.15) is 0 Å². The highest BCUT2D eigenvalue weighted by Gasteiger charge is 2.19. The second-order valence-corrected chi connectivity index (χ2v) is 8.31. The number of carbonyl (C=O) groups is 1. The molecule has 4 rings (SSSR count). The minimum Gasteiger partial charge on any atom is -0.381 e. The SMILES string of the molecule is CN1CCC(C(=O)Nc2ccc(CN(C)C3CCOCC3)cc2)=Cc2ccccc21. The fraction of sp³-hybridized carbons (Fsp3) is 0.400. The third-order valence-electron chi connectivity index (χ3n) is 6.14. The molecule has 0 bridgehead atoms. The van der Waals surface area contributed by atoms with Crippen LogP contribution in [0.2, 0.25) is 0 Å². The molecule has 158 valence electrons. The number of amides is 1. The zero-order valence-electron chi connectivity index (χ0n) is 17.9. The van der Waals surface area contributed by atoms with Crippen LogP contribution in [-0.2, 0) is 16.1 Å². The molecular weight excluding hydrogens is 374 g/mol. The summed E-state index contributed by atoms with van der Waals surface area (Å²) in [6, 6.07) is 17.0. The number of ether oxygens (including phenoxy) is 1. The van der Waals surface area contributed by atoms with Gasteiger partial charge in [0.25, 0.3) is 5.91 Å². The Bertz CT molecular complexity index is 901. The quantitative estimate of drug-likeness (QED) is 0.811. The van der Waals surface area contributed by atoms with Crippen LogP contribution in [0.3, 0.4) is 0 Å². The van der Waals surface area contributed by atoms with Gasteiger partial charge in [-0.25, -0.2) is 0 Å². The minimum absolute atomic E-state index is 0.0211. The summed E-state index contributed by atoms with van der Waals surface area (Å²) in [5.41, 5.74) is 5.16. The minimum atomic E-state index is -0.0211. The van der Waals surface area contributed by atoms with Crippen LogP contribution in [-0.4, -0.2) is 50.7 Å². The summed E-state index contributed by atoms with van der Waals surface area (Å²) in [7, 11) is 4.25. The molecule has 2 aliphatic rings. The fourth-order valence-electron chi connectivity index (χ4n) is 4.25. The van der Waals surface area contributed by atoms with Gasteiger partial charge in [-0.2, -0.15) is 0 Å². The van der Waals surface area contributed by atoms with Crippen LogP contribution in [0.25, 0.3) is 6.08 Å². The molecular formula is C25H31N3O2. The van der Waals surface area contributed by atoms with Crippen molar-refractivity contribution in [3.63, 3.8) is 0 Å². The second-order valence-electron chi connectivity index (χ2n) is 8.31. The van der Waals surface area contributed by atoms with Crippen molar-refractivity contribution in [3.8, 4) is 0 Å². The first kappa shape index (κ1) is 20.6. The Labute approximate surface area is 179 Å². The molecule has 0 spiro atoms. The van der Waals surface area contributed by atoms with Gasteiger partial charge in [0, 0.05) is 56.3 Å². The first-order valence-electron chi connectivity index (χ1n) is 10.8. The first-order chi connectivity index (χ1) is 14.6. The van der Waals surface area contributed by atoms with E-state index in [-0.39, 0.29) is 5.91 Å². The average Bonchev–Trinajstić information content (AvgIpc) is 2.95. The summed E-state index contributed by atoms with van der Waals surface area (Å²) < 4.78 is 5.46. The Hall–Kier alpha value is -2.63. The van der Waals surface area contributed by atoms with Gasteiger partial charge in [-0.3, -0.25) is 9.69 Å². The molecule has 5 nitrogen and oxygen atoms in total. The monoisotopic (exact) mass is 405 g/mol. The van der Waals surface area contributed by atoms with Crippen molar-refractivity contribution in [2.75, 3.05) is 44.1 Å². The number of hydrogen-bond donors (Lipinski definition) is 1. The van der Waals surface area contributed by atoms with E-state index in [0.717, 1.165) is 62.4 Å². The number of hydrogen-bond acceptors (Lipinski definition) is 4. The van der Waals surface area contributed by atoms with Gasteiger partial charge in [0.15, 0.2) is 0 Å². The molecule has 0 aromatic heterocycles. The summed E-state index contributed by atoms with van der Waals surface area (Å²) in [4.78, 5) is 17.5. The summed E-state index contributed by atoms with van der Waals surface area (Å²) in [6.07, 6.45) is 4.94. The van der Waals surface area contributed by atoms with E-state index in [2.05, 4.69) is 53.5 Å². The van der Waals surface area contributed by atoms with Gasteiger partial charge in [0.2, 0.25) is 0 Å². The van der Waals surface area contributed by atoms with E-state index in [1.807, 2.05) is 30.3 Å². The number of para-hydroxylation sites is 1. The molecule has 0 saturated carbocycles. The number of rotatable bonds is 5. The number of carbonyl (C=O) groups excluding carboxylic acids is 1. The maximum Gasteiger partial charge on any atom is 0.251 e. The number of benzene rings is 2. The molecule has 1 fully saturated rings. The van der Waals surface area contributed by atoms with E-state index in [0.29, 0.717) is 6.04 Å². The average molecular weight is 406 g/mol. The van der Waals surface area contributed by atoms with Crippen molar-refractivity contribution in [1.29, 1.82) is 0 Å². The molecule has 30 heavy (non-hydrogen) atoms. The molecule has 1 N–H and O–H groups in total. The first-order valence-corrected chi connectivity index (χ1v) is 10.8. The smallest absolute Gasteiger partial charge is 0.251 e. The molecule has 2 heterocycles. The Morgan fingerprint density at radius 3 is 2.63 bits per heavy atom. The Morgan fingerprint density at radius 1 is 1.13 bits per heavy atom. The number of nitrogens with zero attached hydrogens (tertiary/aromatic N) is 2. The molecule has 2 aromatic rings. The van der Waals surface area contributed by atoms with Crippen molar-refractivity contribution in [2.24, 2.45) is 0 Å². The van der Waals surface area contributed by atoms with Gasteiger partial charge in [-0.1, -0.05) is 30.3 Å². The largest absolute Gasteiger partial charge is 0.381 e. The standard InChI is InChI=1S/C25H31N3O2/c1-27-14-11-21(17-20-5-3-4-6-24(20)27)25(29)26-22-9-7-19(8-10-22)18-28(2)23-12-15-30-16-13-23/h3-10,17,23H,11-16,18H2,1-2H3,(H,26,29). The van der Waals surface area contributed by atoms with E-state index in [1.165, 1.54) is 11.3 Å². The lowest BCUT2D eigenvalue weighted by Crippen LogP contribution is -2.36. The second kappa shape index (κ2) is 9.45. The highest BCUT2D eigenvalue weighted by Crippen LogP contribution is 2.27. The predicted octanol–water partition coefficient (Wildman–Crippen LogP) is 4.16. The molecule has 0 radical (unpaired) electrons. The summed E-state index contributed by atoms with van der Waals surface area (Å²) in [5.74, 6) is -0.0211. The van der Waals surface area contributed by atoms with Crippen LogP contribution in [0, 0.1) is 0 Å². The van der Waals surface area contributed by atoms with Crippen molar-refractivity contribution >= 4 is 23.4 Å². The number of fused-ring (bicyclic) bond motifs is 1. The molecule has 2 aliphatic heterocycles. The van der Waals surface area contributed by atoms with Crippen LogP contribution in [0.1, 0.15) is 30.4 Å². The normalized spacial score (nSPS) is 17.3. The zero-order chi connectivity index (χ0) is 20.9. The van der Waals surface area contributed by atoms with E-state index in [4.69, 9.17) is 4.74 Å². The van der Waals surface area contributed by atoms with Crippen molar-refractivity contribution in [1.82, 2.24) is 4.90 Å². The summed E-state index contributed by atoms with van der Waals surface area (Å²) >= 11 is 0. The van der Waals surface area contributed by atoms with Crippen LogP contribution < -0.4 is 10.2 Å². The van der Waals surface area contributed by atoms with E-state index >= 15 is 0 Å². The lowest BCUT2D eigenvalue weighted by molar-refractivity contribution is -0.112. The summed E-state index contributed by atoms with van der Waals surface area (Å²) in [6.45, 7) is 3.45.